The molecule has 1 heterocycles. The molecule has 1 atom stereocenters. The zero-order valence-electron chi connectivity index (χ0n) is 8.02. The normalized spacial score (nSPS) is 19.4. The second kappa shape index (κ2) is 3.59. The number of benzene rings is 1. The van der Waals surface area contributed by atoms with Crippen LogP contribution in [0.5, 0.6) is 0 Å². The van der Waals surface area contributed by atoms with Crippen molar-refractivity contribution in [2.75, 3.05) is 0 Å². The first kappa shape index (κ1) is 9.49. The monoisotopic (exact) mass is 204 g/mol. The van der Waals surface area contributed by atoms with Crippen molar-refractivity contribution < 1.29 is 19.1 Å². The Balaban J connectivity index is 2.28. The summed E-state index contributed by atoms with van der Waals surface area (Å²) in [5.74, 6) is 0.229. The number of aryl methyl sites for hydroxylation is 1. The van der Waals surface area contributed by atoms with Crippen LogP contribution in [0.2, 0.25) is 0 Å². The molecule has 0 aliphatic carbocycles. The molecule has 1 saturated heterocycles. The minimum atomic E-state index is -0.825. The number of rotatable bonds is 1. The molecule has 2 rings (SSSR count). The summed E-state index contributed by atoms with van der Waals surface area (Å²) >= 11 is 0. The number of cyclic esters (lactones) is 1. The van der Waals surface area contributed by atoms with Crippen molar-refractivity contribution in [2.24, 2.45) is 0 Å². The second-order valence-corrected chi connectivity index (χ2v) is 3.20. The Morgan fingerprint density at radius 3 is 2.73 bits per heavy atom. The molecule has 4 nitrogen and oxygen atoms in total. The van der Waals surface area contributed by atoms with Crippen LogP contribution in [0.3, 0.4) is 0 Å². The molecule has 0 amide bonds. The minimum Gasteiger partial charge on any atom is -0.433 e. The molecule has 15 heavy (non-hydrogen) atoms. The highest BCUT2D eigenvalue weighted by atomic mass is 16.7. The summed E-state index contributed by atoms with van der Waals surface area (Å²) in [7, 11) is 0. The van der Waals surface area contributed by atoms with Gasteiger partial charge in [-0.25, -0.2) is 9.59 Å². The fourth-order valence-corrected chi connectivity index (χ4v) is 1.35. The Kier molecular flexibility index (Phi) is 2.27. The topological polar surface area (TPSA) is 52.6 Å². The fraction of sp³-hybridized carbons (Fsp3) is 0.182. The maximum atomic E-state index is 11.0. The first-order chi connectivity index (χ1) is 7.20. The van der Waals surface area contributed by atoms with Crippen LogP contribution in [0.1, 0.15) is 17.4 Å². The van der Waals surface area contributed by atoms with Gasteiger partial charge in [0.25, 0.3) is 12.0 Å². The van der Waals surface area contributed by atoms with E-state index in [0.29, 0.717) is 5.56 Å². The smallest absolute Gasteiger partial charge is 0.389 e. The molecule has 76 valence electrons. The van der Waals surface area contributed by atoms with Crippen molar-refractivity contribution in [1.82, 2.24) is 0 Å². The third kappa shape index (κ3) is 1.75. The van der Waals surface area contributed by atoms with E-state index in [1.54, 1.807) is 6.07 Å². The van der Waals surface area contributed by atoms with Crippen LogP contribution in [-0.2, 0) is 19.1 Å². The van der Waals surface area contributed by atoms with E-state index in [4.69, 9.17) is 9.47 Å². The first-order valence-corrected chi connectivity index (χ1v) is 4.40. The summed E-state index contributed by atoms with van der Waals surface area (Å²) in [4.78, 5) is 21.3. The van der Waals surface area contributed by atoms with Gasteiger partial charge in [-0.2, -0.15) is 0 Å². The Morgan fingerprint density at radius 1 is 1.33 bits per heavy atom. The quantitative estimate of drug-likeness (QED) is 0.393. The highest BCUT2D eigenvalue weighted by molar-refractivity contribution is 5.95. The van der Waals surface area contributed by atoms with Crippen molar-refractivity contribution in [2.45, 2.75) is 13.2 Å². The third-order valence-electron chi connectivity index (χ3n) is 2.03. The molecule has 4 heteroatoms. The predicted molar refractivity (Wildman–Crippen MR) is 50.3 cm³/mol. The summed E-state index contributed by atoms with van der Waals surface area (Å²) in [6, 6.07) is 7.33. The Morgan fingerprint density at radius 2 is 2.13 bits per heavy atom. The van der Waals surface area contributed by atoms with Crippen molar-refractivity contribution in [3.05, 3.63) is 41.2 Å². The van der Waals surface area contributed by atoms with Crippen LogP contribution in [0.15, 0.2) is 30.0 Å². The number of esters is 1. The van der Waals surface area contributed by atoms with Crippen molar-refractivity contribution in [3.8, 4) is 0 Å². The van der Waals surface area contributed by atoms with E-state index in [9.17, 15) is 9.59 Å². The summed E-state index contributed by atoms with van der Waals surface area (Å²) in [5, 5.41) is 0. The highest BCUT2D eigenvalue weighted by Gasteiger charge is 2.32. The number of ether oxygens (including phenoxy) is 2. The van der Waals surface area contributed by atoms with Crippen molar-refractivity contribution in [1.29, 1.82) is 0 Å². The molecule has 1 aromatic rings. The summed E-state index contributed by atoms with van der Waals surface area (Å²) in [6.45, 7) is 1.91. The van der Waals surface area contributed by atoms with Gasteiger partial charge in [0.2, 0.25) is 0 Å². The van der Waals surface area contributed by atoms with Gasteiger partial charge in [0.05, 0.1) is 0 Å². The predicted octanol–water partition coefficient (Wildman–Crippen LogP) is 1.28. The van der Waals surface area contributed by atoms with E-state index in [1.807, 2.05) is 25.1 Å². The average molecular weight is 204 g/mol. The van der Waals surface area contributed by atoms with Gasteiger partial charge in [-0.3, -0.25) is 0 Å². The maximum Gasteiger partial charge on any atom is 0.389 e. The lowest BCUT2D eigenvalue weighted by Gasteiger charge is -2.08. The number of carbonyl (C=O) groups excluding carboxylic acids is 2. The zero-order chi connectivity index (χ0) is 10.8. The van der Waals surface area contributed by atoms with Gasteiger partial charge in [0, 0.05) is 5.56 Å². The molecule has 0 N–H and O–H groups in total. The van der Waals surface area contributed by atoms with Crippen LogP contribution in [0.4, 0.5) is 0 Å². The number of hydrogen-bond acceptors (Lipinski definition) is 4. The van der Waals surface area contributed by atoms with E-state index >= 15 is 0 Å². The van der Waals surface area contributed by atoms with E-state index < -0.39 is 18.0 Å². The largest absolute Gasteiger partial charge is 0.433 e. The fourth-order valence-electron chi connectivity index (χ4n) is 1.35. The molecular formula is C11H8O4. The van der Waals surface area contributed by atoms with Crippen LogP contribution in [-0.4, -0.2) is 11.9 Å². The standard InChI is InChI=1S/C11H8O4/c1-7-3-2-4-8(5-7)11-14-9(6-12)10(13)15-11/h2-5,11H,1H3. The maximum absolute atomic E-state index is 11.0. The van der Waals surface area contributed by atoms with Gasteiger partial charge < -0.3 is 9.47 Å². The van der Waals surface area contributed by atoms with Crippen LogP contribution in [0.25, 0.3) is 0 Å². The molecule has 0 bridgehead atoms. The third-order valence-corrected chi connectivity index (χ3v) is 2.03. The second-order valence-electron chi connectivity index (χ2n) is 3.20. The van der Waals surface area contributed by atoms with Gasteiger partial charge in [-0.1, -0.05) is 23.8 Å². The molecule has 0 radical (unpaired) electrons. The molecule has 1 aliphatic rings. The van der Waals surface area contributed by atoms with E-state index in [-0.39, 0.29) is 0 Å². The number of hydrogen-bond donors (Lipinski definition) is 0. The van der Waals surface area contributed by atoms with Crippen LogP contribution >= 0.6 is 0 Å². The summed E-state index contributed by atoms with van der Waals surface area (Å²) < 4.78 is 9.83. The molecule has 0 saturated carbocycles. The van der Waals surface area contributed by atoms with Crippen LogP contribution < -0.4 is 0 Å². The Labute approximate surface area is 86.1 Å². The van der Waals surface area contributed by atoms with Gasteiger partial charge in [-0.05, 0) is 13.0 Å². The molecule has 1 fully saturated rings. The summed E-state index contributed by atoms with van der Waals surface area (Å²) in [5.41, 5.74) is 1.73. The Bertz CT molecular complexity index is 457. The molecule has 1 aromatic carbocycles. The summed E-state index contributed by atoms with van der Waals surface area (Å²) in [6.07, 6.45) is -0.825. The van der Waals surface area contributed by atoms with E-state index in [1.165, 1.54) is 5.94 Å². The average Bonchev–Trinajstić information content (AvgIpc) is 2.60. The molecule has 0 spiro atoms. The van der Waals surface area contributed by atoms with E-state index in [2.05, 4.69) is 0 Å². The molecule has 1 unspecified atom stereocenters. The SMILES string of the molecule is Cc1cccc(C2OC(=O)C(=C=O)O2)c1. The molecule has 1 aliphatic heterocycles. The highest BCUT2D eigenvalue weighted by Crippen LogP contribution is 2.28. The molecule has 0 aromatic heterocycles. The van der Waals surface area contributed by atoms with Gasteiger partial charge in [0.15, 0.2) is 5.94 Å². The van der Waals surface area contributed by atoms with Crippen molar-refractivity contribution in [3.63, 3.8) is 0 Å². The van der Waals surface area contributed by atoms with Gasteiger partial charge >= 0.3 is 5.97 Å². The van der Waals surface area contributed by atoms with Crippen LogP contribution in [0, 0.1) is 6.92 Å². The lowest BCUT2D eigenvalue weighted by Crippen LogP contribution is -1.99. The van der Waals surface area contributed by atoms with Gasteiger partial charge in [-0.15, -0.1) is 0 Å². The lowest BCUT2D eigenvalue weighted by molar-refractivity contribution is -0.143. The zero-order valence-corrected chi connectivity index (χ0v) is 8.02. The van der Waals surface area contributed by atoms with Crippen molar-refractivity contribution >= 4 is 11.9 Å². The first-order valence-electron chi connectivity index (χ1n) is 4.40. The minimum absolute atomic E-state index is 0.401. The lowest BCUT2D eigenvalue weighted by atomic mass is 10.1. The Hall–Kier alpha value is -2.06. The van der Waals surface area contributed by atoms with E-state index in [0.717, 1.165) is 5.56 Å². The van der Waals surface area contributed by atoms with Gasteiger partial charge in [0.1, 0.15) is 0 Å². The number of carbonyl (C=O) groups is 1. The molecular weight excluding hydrogens is 196 g/mol.